The topological polar surface area (TPSA) is 104 Å². The fourth-order valence-electron chi connectivity index (χ4n) is 2.78. The maximum atomic E-state index is 12.8. The van der Waals surface area contributed by atoms with Crippen LogP contribution in [0.4, 0.5) is 0 Å². The molecule has 0 atom stereocenters. The van der Waals surface area contributed by atoms with Crippen molar-refractivity contribution in [3.63, 3.8) is 0 Å². The second-order valence-electron chi connectivity index (χ2n) is 5.70. The number of amides is 1. The molecule has 3 aromatic rings. The van der Waals surface area contributed by atoms with E-state index in [2.05, 4.69) is 9.71 Å². The molecule has 0 spiro atoms. The van der Waals surface area contributed by atoms with Crippen molar-refractivity contribution < 1.29 is 27.4 Å². The predicted octanol–water partition coefficient (Wildman–Crippen LogP) is 2.38. The van der Waals surface area contributed by atoms with Crippen LogP contribution in [0.2, 0.25) is 0 Å². The van der Waals surface area contributed by atoms with Gasteiger partial charge in [0.15, 0.2) is 11.5 Å². The van der Waals surface area contributed by atoms with E-state index in [-0.39, 0.29) is 22.0 Å². The fraction of sp³-hybridized carbons (Fsp3) is 0.158. The van der Waals surface area contributed by atoms with Gasteiger partial charge in [0.25, 0.3) is 15.9 Å². The van der Waals surface area contributed by atoms with Crippen LogP contribution in [-0.2, 0) is 10.0 Å². The Hall–Kier alpha value is -3.33. The van der Waals surface area contributed by atoms with Crippen molar-refractivity contribution in [1.29, 1.82) is 0 Å². The number of sulfonamides is 1. The molecule has 1 N–H and O–H groups in total. The van der Waals surface area contributed by atoms with Gasteiger partial charge in [0.05, 0.1) is 26.2 Å². The average Bonchev–Trinajstić information content (AvgIpc) is 2.71. The zero-order chi connectivity index (χ0) is 20.3. The van der Waals surface area contributed by atoms with Gasteiger partial charge in [-0.15, -0.1) is 0 Å². The van der Waals surface area contributed by atoms with E-state index >= 15 is 0 Å². The lowest BCUT2D eigenvalue weighted by molar-refractivity contribution is 0.0980. The lowest BCUT2D eigenvalue weighted by Crippen LogP contribution is -2.30. The molecular weight excluding hydrogens is 384 g/mol. The van der Waals surface area contributed by atoms with Gasteiger partial charge in [-0.2, -0.15) is 0 Å². The molecule has 1 amide bonds. The molecule has 0 radical (unpaired) electrons. The number of benzene rings is 2. The van der Waals surface area contributed by atoms with E-state index in [9.17, 15) is 13.2 Å². The molecule has 0 unspecified atom stereocenters. The van der Waals surface area contributed by atoms with Gasteiger partial charge in [-0.1, -0.05) is 12.1 Å². The van der Waals surface area contributed by atoms with E-state index in [4.69, 9.17) is 14.2 Å². The van der Waals surface area contributed by atoms with Crippen LogP contribution in [0.25, 0.3) is 10.8 Å². The molecule has 146 valence electrons. The van der Waals surface area contributed by atoms with Gasteiger partial charge < -0.3 is 14.2 Å². The first-order valence-corrected chi connectivity index (χ1v) is 9.59. The van der Waals surface area contributed by atoms with Crippen molar-refractivity contribution >= 4 is 26.7 Å². The number of hydrogen-bond donors (Lipinski definition) is 1. The number of methoxy groups -OCH3 is 3. The number of carbonyl (C=O) groups is 1. The van der Waals surface area contributed by atoms with Crippen molar-refractivity contribution in [3.05, 3.63) is 54.4 Å². The van der Waals surface area contributed by atoms with Crippen LogP contribution < -0.4 is 18.9 Å². The first-order valence-electron chi connectivity index (χ1n) is 8.11. The van der Waals surface area contributed by atoms with E-state index in [1.165, 1.54) is 45.7 Å². The largest absolute Gasteiger partial charge is 0.493 e. The number of nitrogens with one attached hydrogen (secondary N) is 1. The number of aromatic nitrogens is 1. The summed E-state index contributed by atoms with van der Waals surface area (Å²) >= 11 is 0. The predicted molar refractivity (Wildman–Crippen MR) is 102 cm³/mol. The number of pyridine rings is 1. The van der Waals surface area contributed by atoms with Gasteiger partial charge in [-0.05, 0) is 24.3 Å². The molecule has 1 heterocycles. The van der Waals surface area contributed by atoms with Crippen molar-refractivity contribution in [3.8, 4) is 17.2 Å². The SMILES string of the molecule is COc1cc(C(=O)NS(=O)(=O)c2cccc3cnccc23)cc(OC)c1OC. The van der Waals surface area contributed by atoms with E-state index in [1.807, 2.05) is 0 Å². The highest BCUT2D eigenvalue weighted by Crippen LogP contribution is 2.38. The van der Waals surface area contributed by atoms with E-state index in [0.717, 1.165) is 0 Å². The molecule has 0 saturated heterocycles. The van der Waals surface area contributed by atoms with Crippen LogP contribution in [0, 0.1) is 0 Å². The molecule has 28 heavy (non-hydrogen) atoms. The molecule has 0 bridgehead atoms. The smallest absolute Gasteiger partial charge is 0.265 e. The Morgan fingerprint density at radius 2 is 1.68 bits per heavy atom. The van der Waals surface area contributed by atoms with E-state index < -0.39 is 15.9 Å². The summed E-state index contributed by atoms with van der Waals surface area (Å²) in [5.41, 5.74) is 0.0416. The minimum absolute atomic E-state index is 0.0202. The number of carbonyl (C=O) groups excluding carboxylic acids is 1. The standard InChI is InChI=1S/C19H18N2O6S/c1-25-15-9-13(10-16(26-2)18(15)27-3)19(22)21-28(23,24)17-6-4-5-12-11-20-8-7-14(12)17/h4-11H,1-3H3,(H,21,22). The third-order valence-corrected chi connectivity index (χ3v) is 5.47. The molecule has 0 aliphatic heterocycles. The normalized spacial score (nSPS) is 11.1. The van der Waals surface area contributed by atoms with Gasteiger partial charge >= 0.3 is 0 Å². The molecule has 2 aromatic carbocycles. The molecular formula is C19H18N2O6S. The second-order valence-corrected chi connectivity index (χ2v) is 7.35. The third kappa shape index (κ3) is 3.56. The first kappa shape index (κ1) is 19.4. The second kappa shape index (κ2) is 7.73. The van der Waals surface area contributed by atoms with Crippen LogP contribution in [0.5, 0.6) is 17.2 Å². The molecule has 0 saturated carbocycles. The summed E-state index contributed by atoms with van der Waals surface area (Å²) in [7, 11) is 0.106. The molecule has 8 nitrogen and oxygen atoms in total. The quantitative estimate of drug-likeness (QED) is 0.675. The Morgan fingerprint density at radius 3 is 2.29 bits per heavy atom. The van der Waals surface area contributed by atoms with Crippen molar-refractivity contribution in [2.24, 2.45) is 0 Å². The van der Waals surface area contributed by atoms with Crippen LogP contribution in [0.15, 0.2) is 53.7 Å². The highest BCUT2D eigenvalue weighted by atomic mass is 32.2. The minimum atomic E-state index is -4.13. The lowest BCUT2D eigenvalue weighted by atomic mass is 10.1. The fourth-order valence-corrected chi connectivity index (χ4v) is 3.98. The number of nitrogens with zero attached hydrogens (tertiary/aromatic N) is 1. The lowest BCUT2D eigenvalue weighted by Gasteiger charge is -2.14. The van der Waals surface area contributed by atoms with Gasteiger partial charge in [0, 0.05) is 28.7 Å². The molecule has 9 heteroatoms. The summed E-state index contributed by atoms with van der Waals surface area (Å²) in [4.78, 5) is 16.6. The number of hydrogen-bond acceptors (Lipinski definition) is 7. The Labute approximate surface area is 162 Å². The van der Waals surface area contributed by atoms with Crippen LogP contribution in [0.3, 0.4) is 0 Å². The summed E-state index contributed by atoms with van der Waals surface area (Å²) < 4.78 is 43.3. The first-order chi connectivity index (χ1) is 13.4. The van der Waals surface area contributed by atoms with E-state index in [1.54, 1.807) is 24.4 Å². The zero-order valence-corrected chi connectivity index (χ0v) is 16.2. The maximum Gasteiger partial charge on any atom is 0.265 e. The number of rotatable bonds is 6. The minimum Gasteiger partial charge on any atom is -0.493 e. The Bertz CT molecular complexity index is 1110. The van der Waals surface area contributed by atoms with E-state index in [0.29, 0.717) is 16.5 Å². The van der Waals surface area contributed by atoms with Crippen molar-refractivity contribution in [2.45, 2.75) is 4.90 Å². The molecule has 1 aromatic heterocycles. The summed E-state index contributed by atoms with van der Waals surface area (Å²) in [6.07, 6.45) is 3.04. The highest BCUT2D eigenvalue weighted by molar-refractivity contribution is 7.90. The Kier molecular flexibility index (Phi) is 5.36. The van der Waals surface area contributed by atoms with Gasteiger partial charge in [-0.25, -0.2) is 13.1 Å². The molecule has 0 aliphatic rings. The molecule has 0 fully saturated rings. The number of fused-ring (bicyclic) bond motifs is 1. The summed E-state index contributed by atoms with van der Waals surface area (Å²) in [5.74, 6) is -0.0578. The summed E-state index contributed by atoms with van der Waals surface area (Å²) in [5, 5.41) is 1.10. The number of ether oxygens (including phenoxy) is 3. The average molecular weight is 402 g/mol. The van der Waals surface area contributed by atoms with Crippen LogP contribution >= 0.6 is 0 Å². The molecule has 0 aliphatic carbocycles. The third-order valence-electron chi connectivity index (χ3n) is 4.08. The van der Waals surface area contributed by atoms with Gasteiger partial charge in [0.2, 0.25) is 5.75 Å². The van der Waals surface area contributed by atoms with Gasteiger partial charge in [-0.3, -0.25) is 9.78 Å². The van der Waals surface area contributed by atoms with Gasteiger partial charge in [0.1, 0.15) is 0 Å². The Balaban J connectivity index is 2.00. The Morgan fingerprint density at radius 1 is 1.00 bits per heavy atom. The highest BCUT2D eigenvalue weighted by Gasteiger charge is 2.23. The van der Waals surface area contributed by atoms with Crippen molar-refractivity contribution in [1.82, 2.24) is 9.71 Å². The zero-order valence-electron chi connectivity index (χ0n) is 15.4. The maximum absolute atomic E-state index is 12.8. The molecule has 3 rings (SSSR count). The monoisotopic (exact) mass is 402 g/mol. The van der Waals surface area contributed by atoms with Crippen LogP contribution in [0.1, 0.15) is 10.4 Å². The summed E-state index contributed by atoms with van der Waals surface area (Å²) in [6.45, 7) is 0. The van der Waals surface area contributed by atoms with Crippen LogP contribution in [-0.4, -0.2) is 40.6 Å². The summed E-state index contributed by atoms with van der Waals surface area (Å²) in [6, 6.07) is 9.07. The van der Waals surface area contributed by atoms with Crippen molar-refractivity contribution in [2.75, 3.05) is 21.3 Å².